The van der Waals surface area contributed by atoms with Gasteiger partial charge in [-0.1, -0.05) is 18.6 Å². The van der Waals surface area contributed by atoms with Crippen LogP contribution in [0.15, 0.2) is 12.2 Å². The monoisotopic (exact) mass is 152 g/mol. The molecule has 62 valence electrons. The summed E-state index contributed by atoms with van der Waals surface area (Å²) >= 11 is 0. The van der Waals surface area contributed by atoms with Crippen LogP contribution in [0.3, 0.4) is 0 Å². The predicted octanol–water partition coefficient (Wildman–Crippen LogP) is 2.71. The second kappa shape index (κ2) is 4.32. The summed E-state index contributed by atoms with van der Waals surface area (Å²) in [7, 11) is 0. The summed E-state index contributed by atoms with van der Waals surface area (Å²) in [4.78, 5) is 11.3. The Hall–Kier alpha value is -0.590. The van der Waals surface area contributed by atoms with Crippen LogP contribution in [0.25, 0.3) is 0 Å². The number of carbonyl (C=O) groups is 1. The van der Waals surface area contributed by atoms with Crippen LogP contribution in [0, 0.1) is 5.92 Å². The fourth-order valence-electron chi connectivity index (χ4n) is 1.60. The molecule has 1 rings (SSSR count). The minimum absolute atomic E-state index is 0.347. The van der Waals surface area contributed by atoms with Gasteiger partial charge in [0.1, 0.15) is 5.78 Å². The molecule has 0 aromatic carbocycles. The van der Waals surface area contributed by atoms with Crippen LogP contribution in [0.4, 0.5) is 0 Å². The Balaban J connectivity index is 2.35. The average molecular weight is 152 g/mol. The lowest BCUT2D eigenvalue weighted by molar-refractivity contribution is -0.124. The van der Waals surface area contributed by atoms with Crippen LogP contribution in [0.1, 0.15) is 39.0 Å². The molecule has 1 aliphatic rings. The summed E-state index contributed by atoms with van der Waals surface area (Å²) in [6.45, 7) is 2.01. The van der Waals surface area contributed by atoms with Gasteiger partial charge in [-0.05, 0) is 26.2 Å². The third-order valence-electron chi connectivity index (χ3n) is 2.34. The molecular formula is C10H16O. The first kappa shape index (κ1) is 8.51. The SMILES string of the molecule is C/C=C\CC1CCCCC1=O. The summed E-state index contributed by atoms with van der Waals surface area (Å²) in [5.41, 5.74) is 0. The van der Waals surface area contributed by atoms with Crippen LogP contribution in [-0.2, 0) is 4.79 Å². The van der Waals surface area contributed by atoms with Crippen LogP contribution in [-0.4, -0.2) is 5.78 Å². The number of Topliss-reactive ketones (excluding diaryl/α,β-unsaturated/α-hetero) is 1. The number of allylic oxidation sites excluding steroid dienone is 2. The van der Waals surface area contributed by atoms with E-state index in [2.05, 4.69) is 6.08 Å². The van der Waals surface area contributed by atoms with Gasteiger partial charge >= 0.3 is 0 Å². The molecule has 1 heteroatoms. The first-order valence-electron chi connectivity index (χ1n) is 4.48. The molecule has 1 saturated carbocycles. The molecule has 0 N–H and O–H groups in total. The zero-order valence-electron chi connectivity index (χ0n) is 7.18. The van der Waals surface area contributed by atoms with Gasteiger partial charge in [-0.3, -0.25) is 4.79 Å². The first-order valence-corrected chi connectivity index (χ1v) is 4.48. The van der Waals surface area contributed by atoms with Crippen LogP contribution in [0.2, 0.25) is 0 Å². The lowest BCUT2D eigenvalue weighted by Gasteiger charge is -2.18. The molecule has 0 amide bonds. The minimum atomic E-state index is 0.347. The number of rotatable bonds is 2. The number of hydrogen-bond acceptors (Lipinski definition) is 1. The van der Waals surface area contributed by atoms with Crippen molar-refractivity contribution >= 4 is 5.78 Å². The van der Waals surface area contributed by atoms with E-state index in [0.717, 1.165) is 25.7 Å². The molecule has 1 fully saturated rings. The van der Waals surface area contributed by atoms with Gasteiger partial charge in [-0.2, -0.15) is 0 Å². The highest BCUT2D eigenvalue weighted by Gasteiger charge is 2.20. The smallest absolute Gasteiger partial charge is 0.136 e. The first-order chi connectivity index (χ1) is 5.34. The Labute approximate surface area is 68.5 Å². The van der Waals surface area contributed by atoms with Gasteiger partial charge in [0.2, 0.25) is 0 Å². The van der Waals surface area contributed by atoms with E-state index in [1.165, 1.54) is 6.42 Å². The molecule has 0 radical (unpaired) electrons. The largest absolute Gasteiger partial charge is 0.299 e. The van der Waals surface area contributed by atoms with Crippen LogP contribution in [0.5, 0.6) is 0 Å². The zero-order chi connectivity index (χ0) is 8.10. The van der Waals surface area contributed by atoms with Crippen molar-refractivity contribution in [3.8, 4) is 0 Å². The van der Waals surface area contributed by atoms with E-state index >= 15 is 0 Å². The third kappa shape index (κ3) is 2.49. The van der Waals surface area contributed by atoms with E-state index in [4.69, 9.17) is 0 Å². The van der Waals surface area contributed by atoms with Crippen LogP contribution >= 0.6 is 0 Å². The molecule has 0 heterocycles. The van der Waals surface area contributed by atoms with Gasteiger partial charge in [0.15, 0.2) is 0 Å². The maximum atomic E-state index is 11.3. The van der Waals surface area contributed by atoms with E-state index in [1.807, 2.05) is 13.0 Å². The Kier molecular flexibility index (Phi) is 3.34. The van der Waals surface area contributed by atoms with Gasteiger partial charge < -0.3 is 0 Å². The Morgan fingerprint density at radius 1 is 1.55 bits per heavy atom. The van der Waals surface area contributed by atoms with Gasteiger partial charge in [-0.25, -0.2) is 0 Å². The van der Waals surface area contributed by atoms with Crippen molar-refractivity contribution in [2.45, 2.75) is 39.0 Å². The molecule has 0 aromatic heterocycles. The maximum absolute atomic E-state index is 11.3. The Morgan fingerprint density at radius 3 is 3.00 bits per heavy atom. The minimum Gasteiger partial charge on any atom is -0.299 e. The fraction of sp³-hybridized carbons (Fsp3) is 0.700. The molecule has 0 bridgehead atoms. The Bertz CT molecular complexity index is 158. The highest BCUT2D eigenvalue weighted by atomic mass is 16.1. The number of carbonyl (C=O) groups excluding carboxylic acids is 1. The van der Waals surface area contributed by atoms with E-state index < -0.39 is 0 Å². The average Bonchev–Trinajstić information content (AvgIpc) is 2.03. The fourth-order valence-corrected chi connectivity index (χ4v) is 1.60. The second-order valence-corrected chi connectivity index (χ2v) is 3.21. The molecule has 11 heavy (non-hydrogen) atoms. The topological polar surface area (TPSA) is 17.1 Å². The molecule has 1 unspecified atom stereocenters. The molecule has 0 aliphatic heterocycles. The van der Waals surface area contributed by atoms with Crippen molar-refractivity contribution in [3.63, 3.8) is 0 Å². The molecular weight excluding hydrogens is 136 g/mol. The molecule has 1 nitrogen and oxygen atoms in total. The molecule has 1 atom stereocenters. The van der Waals surface area contributed by atoms with Gasteiger partial charge in [-0.15, -0.1) is 0 Å². The van der Waals surface area contributed by atoms with Crippen molar-refractivity contribution in [3.05, 3.63) is 12.2 Å². The lowest BCUT2D eigenvalue weighted by Crippen LogP contribution is -2.17. The highest BCUT2D eigenvalue weighted by molar-refractivity contribution is 5.81. The normalized spacial score (nSPS) is 26.3. The predicted molar refractivity (Wildman–Crippen MR) is 46.4 cm³/mol. The molecule has 0 spiro atoms. The van der Waals surface area contributed by atoms with E-state index in [-0.39, 0.29) is 0 Å². The van der Waals surface area contributed by atoms with Crippen molar-refractivity contribution in [2.75, 3.05) is 0 Å². The quantitative estimate of drug-likeness (QED) is 0.556. The van der Waals surface area contributed by atoms with Crippen molar-refractivity contribution < 1.29 is 4.79 Å². The summed E-state index contributed by atoms with van der Waals surface area (Å²) in [6, 6.07) is 0. The molecule has 0 aromatic rings. The van der Waals surface area contributed by atoms with Crippen molar-refractivity contribution in [1.29, 1.82) is 0 Å². The summed E-state index contributed by atoms with van der Waals surface area (Å²) in [5.74, 6) is 0.828. The van der Waals surface area contributed by atoms with Gasteiger partial charge in [0.25, 0.3) is 0 Å². The number of hydrogen-bond donors (Lipinski definition) is 0. The summed E-state index contributed by atoms with van der Waals surface area (Å²) in [6.07, 6.45) is 9.40. The summed E-state index contributed by atoms with van der Waals surface area (Å²) in [5, 5.41) is 0. The van der Waals surface area contributed by atoms with Crippen molar-refractivity contribution in [2.24, 2.45) is 5.92 Å². The van der Waals surface area contributed by atoms with E-state index in [9.17, 15) is 4.79 Å². The van der Waals surface area contributed by atoms with E-state index in [1.54, 1.807) is 0 Å². The zero-order valence-corrected chi connectivity index (χ0v) is 7.18. The van der Waals surface area contributed by atoms with E-state index in [0.29, 0.717) is 11.7 Å². The molecule has 0 saturated heterocycles. The van der Waals surface area contributed by atoms with Crippen molar-refractivity contribution in [1.82, 2.24) is 0 Å². The van der Waals surface area contributed by atoms with Gasteiger partial charge in [0, 0.05) is 12.3 Å². The van der Waals surface area contributed by atoms with Crippen LogP contribution < -0.4 is 0 Å². The third-order valence-corrected chi connectivity index (χ3v) is 2.34. The standard InChI is InChI=1S/C10H16O/c1-2-3-6-9-7-4-5-8-10(9)11/h2-3,9H,4-8H2,1H3/b3-2-. The van der Waals surface area contributed by atoms with Gasteiger partial charge in [0.05, 0.1) is 0 Å². The Morgan fingerprint density at radius 2 is 2.36 bits per heavy atom. The number of ketones is 1. The lowest BCUT2D eigenvalue weighted by atomic mass is 9.86. The molecule has 1 aliphatic carbocycles. The second-order valence-electron chi connectivity index (χ2n) is 3.21. The highest BCUT2D eigenvalue weighted by Crippen LogP contribution is 2.23. The summed E-state index contributed by atoms with van der Waals surface area (Å²) < 4.78 is 0. The maximum Gasteiger partial charge on any atom is 0.136 e.